The number of para-hydroxylation sites is 2. The molecule has 54 heavy (non-hydrogen) atoms. The second-order valence-electron chi connectivity index (χ2n) is 12.9. The number of ether oxygens (including phenoxy) is 2. The Morgan fingerprint density at radius 2 is 0.926 bits per heavy atom. The van der Waals surface area contributed by atoms with E-state index in [2.05, 4.69) is 163 Å². The van der Waals surface area contributed by atoms with E-state index in [0.717, 1.165) is 40.1 Å². The quantitative estimate of drug-likeness (QED) is 0.135. The van der Waals surface area contributed by atoms with E-state index in [0.29, 0.717) is 0 Å². The average molecular weight is 844 g/mol. The molecule has 3 nitrogen and oxygen atoms in total. The second kappa shape index (κ2) is 14.4. The van der Waals surface area contributed by atoms with Gasteiger partial charge in [-0.2, -0.15) is 0 Å². The number of nitrogens with zero attached hydrogens (tertiary/aromatic N) is 1. The summed E-state index contributed by atoms with van der Waals surface area (Å²) < 4.78 is 18.8. The topological polar surface area (TPSA) is 21.7 Å². The van der Waals surface area contributed by atoms with Gasteiger partial charge in [-0.05, 0) is 0 Å². The molecule has 0 radical (unpaired) electrons. The number of hydrogen-bond donors (Lipinski definition) is 0. The van der Waals surface area contributed by atoms with Gasteiger partial charge < -0.3 is 0 Å². The summed E-state index contributed by atoms with van der Waals surface area (Å²) in [5.41, 5.74) is 3.14. The summed E-state index contributed by atoms with van der Waals surface area (Å²) in [6.45, 7) is 0. The summed E-state index contributed by atoms with van der Waals surface area (Å²) in [5, 5.41) is 5.21. The molecule has 258 valence electrons. The monoisotopic (exact) mass is 845 g/mol. The predicted molar refractivity (Wildman–Crippen MR) is 229 cm³/mol. The van der Waals surface area contributed by atoms with Crippen LogP contribution in [0.5, 0.6) is 23.0 Å². The first kappa shape index (κ1) is 33.1. The molecule has 0 N–H and O–H groups in total. The fraction of sp³-hybridized carbons (Fsp3) is 0. The fourth-order valence-corrected chi connectivity index (χ4v) is 13.1. The molecule has 0 fully saturated rings. The Balaban J connectivity index is 1.11. The summed E-state index contributed by atoms with van der Waals surface area (Å²) in [6, 6.07) is 66.3. The van der Waals surface area contributed by atoms with Gasteiger partial charge in [-0.3, -0.25) is 0 Å². The van der Waals surface area contributed by atoms with Crippen LogP contribution in [0.1, 0.15) is 0 Å². The van der Waals surface area contributed by atoms with E-state index in [1.54, 1.807) is 11.8 Å². The van der Waals surface area contributed by atoms with Crippen LogP contribution in [0.3, 0.4) is 0 Å². The Bertz CT molecular complexity index is 2920. The minimum absolute atomic E-state index is 0.147. The first-order valence-electron chi connectivity index (χ1n) is 17.7. The molecule has 0 bridgehead atoms. The van der Waals surface area contributed by atoms with E-state index < -0.39 is 0 Å². The van der Waals surface area contributed by atoms with Crippen molar-refractivity contribution in [3.8, 4) is 23.0 Å². The van der Waals surface area contributed by atoms with Gasteiger partial charge in [0.15, 0.2) is 0 Å². The van der Waals surface area contributed by atoms with Gasteiger partial charge in [0.05, 0.1) is 0 Å². The minimum atomic E-state index is 0.147. The van der Waals surface area contributed by atoms with E-state index in [1.165, 1.54) is 48.4 Å². The van der Waals surface area contributed by atoms with Crippen LogP contribution in [0.2, 0.25) is 0 Å². The molecular weight excluding hydrogens is 813 g/mol. The van der Waals surface area contributed by atoms with Gasteiger partial charge in [0.2, 0.25) is 0 Å². The molecule has 8 aromatic carbocycles. The molecule has 2 aromatic heterocycles. The van der Waals surface area contributed by atoms with Crippen LogP contribution < -0.4 is 14.4 Å². The van der Waals surface area contributed by atoms with E-state index in [9.17, 15) is 0 Å². The fourth-order valence-electron chi connectivity index (χ4n) is 7.04. The van der Waals surface area contributed by atoms with Gasteiger partial charge >= 0.3 is 332 Å². The number of anilines is 3. The summed E-state index contributed by atoms with van der Waals surface area (Å²) in [7, 11) is 0. The molecular formula is C48H31NO2SSe2. The normalized spacial score (nSPS) is 11.4. The zero-order valence-electron chi connectivity index (χ0n) is 28.9. The van der Waals surface area contributed by atoms with Gasteiger partial charge in [-0.25, -0.2) is 0 Å². The van der Waals surface area contributed by atoms with E-state index in [-0.39, 0.29) is 29.0 Å². The second-order valence-corrected chi connectivity index (χ2v) is 18.6. The molecule has 0 aliphatic rings. The molecule has 0 aliphatic heterocycles. The molecule has 0 saturated carbocycles. The molecule has 0 aliphatic carbocycles. The van der Waals surface area contributed by atoms with Gasteiger partial charge in [-0.15, -0.1) is 0 Å². The SMILES string of the molecule is c1ccc(Oc2cc(N(c3ccccc3)c3cccc(Oc4cc(Sc5ccccc5)c5c(c4)[se]c4ccccc45)c3)c3c(c2)[se]c2ccccc23)cc1. The third kappa shape index (κ3) is 6.43. The molecule has 0 saturated heterocycles. The maximum atomic E-state index is 6.84. The van der Waals surface area contributed by atoms with Crippen molar-refractivity contribution in [3.05, 3.63) is 188 Å². The van der Waals surface area contributed by atoms with Crippen LogP contribution in [0.15, 0.2) is 198 Å². The van der Waals surface area contributed by atoms with Gasteiger partial charge in [-0.1, -0.05) is 0 Å². The first-order chi connectivity index (χ1) is 26.7. The summed E-state index contributed by atoms with van der Waals surface area (Å²) in [5.74, 6) is 3.27. The third-order valence-electron chi connectivity index (χ3n) is 9.36. The van der Waals surface area contributed by atoms with E-state index in [1.807, 2.05) is 30.3 Å². The molecule has 6 heteroatoms. The van der Waals surface area contributed by atoms with Crippen molar-refractivity contribution < 1.29 is 9.47 Å². The predicted octanol–water partition coefficient (Wildman–Crippen LogP) is 13.6. The van der Waals surface area contributed by atoms with Crippen LogP contribution >= 0.6 is 11.8 Å². The Morgan fingerprint density at radius 1 is 0.389 bits per heavy atom. The zero-order chi connectivity index (χ0) is 35.8. The number of rotatable bonds is 9. The van der Waals surface area contributed by atoms with E-state index >= 15 is 0 Å². The molecule has 10 aromatic rings. The van der Waals surface area contributed by atoms with Gasteiger partial charge in [0.25, 0.3) is 0 Å². The summed E-state index contributed by atoms with van der Waals surface area (Å²) in [4.78, 5) is 4.78. The molecule has 0 unspecified atom stereocenters. The Morgan fingerprint density at radius 3 is 1.65 bits per heavy atom. The van der Waals surface area contributed by atoms with Crippen LogP contribution in [-0.4, -0.2) is 29.0 Å². The van der Waals surface area contributed by atoms with E-state index in [4.69, 9.17) is 9.47 Å². The van der Waals surface area contributed by atoms with Crippen LogP contribution in [-0.2, 0) is 0 Å². The Kier molecular flexibility index (Phi) is 8.85. The van der Waals surface area contributed by atoms with Crippen molar-refractivity contribution in [1.82, 2.24) is 0 Å². The first-order valence-corrected chi connectivity index (χ1v) is 22.0. The van der Waals surface area contributed by atoms with Crippen molar-refractivity contribution in [2.45, 2.75) is 9.79 Å². The van der Waals surface area contributed by atoms with Crippen LogP contribution in [0.25, 0.3) is 38.6 Å². The number of benzene rings is 8. The summed E-state index contributed by atoms with van der Waals surface area (Å²) in [6.07, 6.45) is 0. The average Bonchev–Trinajstić information content (AvgIpc) is 3.78. The van der Waals surface area contributed by atoms with Crippen molar-refractivity contribution in [1.29, 1.82) is 0 Å². The molecule has 10 rings (SSSR count). The van der Waals surface area contributed by atoms with Crippen LogP contribution in [0.4, 0.5) is 17.1 Å². The molecule has 0 atom stereocenters. The van der Waals surface area contributed by atoms with Gasteiger partial charge in [0, 0.05) is 0 Å². The van der Waals surface area contributed by atoms with Crippen LogP contribution in [0, 0.1) is 0 Å². The van der Waals surface area contributed by atoms with Gasteiger partial charge in [0.1, 0.15) is 0 Å². The summed E-state index contributed by atoms with van der Waals surface area (Å²) >= 11 is 2.15. The Hall–Kier alpha value is -5.45. The van der Waals surface area contributed by atoms with Crippen molar-refractivity contribution in [2.75, 3.05) is 4.90 Å². The Labute approximate surface area is 329 Å². The van der Waals surface area contributed by atoms with Crippen molar-refractivity contribution in [2.24, 2.45) is 0 Å². The maximum absolute atomic E-state index is 6.84. The molecule has 0 amide bonds. The van der Waals surface area contributed by atoms with Crippen molar-refractivity contribution >= 4 is 96.4 Å². The molecule has 2 heterocycles. The van der Waals surface area contributed by atoms with Crippen molar-refractivity contribution in [3.63, 3.8) is 0 Å². The molecule has 0 spiro atoms. The zero-order valence-corrected chi connectivity index (χ0v) is 33.1. The number of fused-ring (bicyclic) bond motifs is 6. The number of hydrogen-bond acceptors (Lipinski definition) is 4. The standard InChI is InChI=1S/C48H31NO2SSe2/c1-4-15-32(16-5-1)49(41-28-36(50-34-18-6-2-7-19-34)30-45-47(41)39-23-10-12-25-43(39)53-45)33-17-14-20-35(27-33)51-37-29-42(52-38-21-8-3-9-22-38)48-40-24-11-13-26-44(40)54-46(48)31-37/h1-31H. The third-order valence-corrected chi connectivity index (χ3v) is 15.1.